The van der Waals surface area contributed by atoms with Gasteiger partial charge in [0.05, 0.1) is 0 Å². The van der Waals surface area contributed by atoms with Crippen molar-refractivity contribution in [2.45, 2.75) is 99.7 Å². The third-order valence-electron chi connectivity index (χ3n) is 11.4. The van der Waals surface area contributed by atoms with Gasteiger partial charge in [-0.1, -0.05) is 0 Å². The van der Waals surface area contributed by atoms with E-state index in [1.165, 1.54) is 0 Å². The molecule has 76 heavy (non-hydrogen) atoms. The van der Waals surface area contributed by atoms with Crippen molar-refractivity contribution in [3.05, 3.63) is 0 Å². The molecule has 0 spiro atoms. The highest BCUT2D eigenvalue weighted by Crippen LogP contribution is 2.54. The lowest BCUT2D eigenvalue weighted by Gasteiger charge is -2.63. The average Bonchev–Trinajstić information content (AvgIpc) is 3.27. The maximum Gasteiger partial charge on any atom is 0.478 e. The molecule has 6 fully saturated rings. The maximum atomic E-state index is 12.1. The van der Waals surface area contributed by atoms with Gasteiger partial charge in [0.1, 0.15) is 0 Å². The van der Waals surface area contributed by atoms with Crippen LogP contribution in [0.4, 0.5) is 38.4 Å². The highest BCUT2D eigenvalue weighted by molar-refractivity contribution is 7.03. The van der Waals surface area contributed by atoms with Gasteiger partial charge in [-0.15, -0.1) is 0 Å². The van der Waals surface area contributed by atoms with Crippen molar-refractivity contribution in [1.29, 1.82) is 0 Å². The molecule has 6 heterocycles. The van der Waals surface area contributed by atoms with E-state index < -0.39 is 119 Å². The van der Waals surface area contributed by atoms with Gasteiger partial charge in [-0.25, -0.2) is 38.4 Å². The van der Waals surface area contributed by atoms with Crippen LogP contribution in [-0.4, -0.2) is 171 Å². The van der Waals surface area contributed by atoms with Gasteiger partial charge in [0.2, 0.25) is 0 Å². The molecular formula is C32H72N16O20Si8. The molecule has 24 N–H and O–H groups in total. The Labute approximate surface area is 445 Å². The van der Waals surface area contributed by atoms with Crippen LogP contribution < -0.4 is 88.4 Å². The fraction of sp³-hybridized carbons (Fsp3) is 0.750. The summed E-state index contributed by atoms with van der Waals surface area (Å²) < 4.78 is 90.1. The zero-order chi connectivity index (χ0) is 55.7. The van der Waals surface area contributed by atoms with Crippen LogP contribution in [0.1, 0.15) is 51.4 Å². The van der Waals surface area contributed by atoms with Crippen LogP contribution in [0.3, 0.4) is 0 Å². The molecule has 8 bridgehead atoms. The zero-order valence-corrected chi connectivity index (χ0v) is 49.8. The van der Waals surface area contributed by atoms with E-state index in [1.807, 2.05) is 0 Å². The van der Waals surface area contributed by atoms with Crippen LogP contribution in [0.15, 0.2) is 0 Å². The van der Waals surface area contributed by atoms with E-state index in [0.29, 0.717) is 0 Å². The molecule has 0 atom stereocenters. The highest BCUT2D eigenvalue weighted by Gasteiger charge is 2.82. The topological polar surface area (TPSA) is 552 Å². The van der Waals surface area contributed by atoms with Gasteiger partial charge in [0.25, 0.3) is 0 Å². The van der Waals surface area contributed by atoms with E-state index in [9.17, 15) is 38.4 Å². The molecule has 0 saturated carbocycles. The summed E-state index contributed by atoms with van der Waals surface area (Å²) in [6.07, 6.45) is 0.391. The van der Waals surface area contributed by atoms with Crippen molar-refractivity contribution < 1.29 is 87.7 Å². The van der Waals surface area contributed by atoms with Crippen LogP contribution >= 0.6 is 0 Å². The molecule has 0 aromatic rings. The summed E-state index contributed by atoms with van der Waals surface area (Å²) >= 11 is 0. The lowest BCUT2D eigenvalue weighted by atomic mass is 10.5. The van der Waals surface area contributed by atoms with Crippen LogP contribution in [0.5, 0.6) is 0 Å². The molecule has 6 aliphatic rings. The number of hydrogen-bond acceptors (Lipinski definition) is 20. The van der Waals surface area contributed by atoms with Gasteiger partial charge < -0.3 is 138 Å². The van der Waals surface area contributed by atoms with Gasteiger partial charge in [-0.05, 0) is 51.4 Å². The van der Waals surface area contributed by atoms with Crippen LogP contribution in [0.25, 0.3) is 0 Å². The lowest BCUT2D eigenvalue weighted by molar-refractivity contribution is -0.0313. The second-order valence-electron chi connectivity index (χ2n) is 17.8. The van der Waals surface area contributed by atoms with Crippen LogP contribution in [-0.2, 0) is 49.4 Å². The molecule has 6 rings (SSSR count). The minimum absolute atomic E-state index is 0.0483. The summed E-state index contributed by atoms with van der Waals surface area (Å²) in [5.74, 6) is 0. The minimum atomic E-state index is -4.76. The van der Waals surface area contributed by atoms with E-state index in [1.54, 1.807) is 0 Å². The van der Waals surface area contributed by atoms with Crippen molar-refractivity contribution in [1.82, 2.24) is 42.5 Å². The number of primary amides is 8. The maximum absolute atomic E-state index is 12.1. The Balaban J connectivity index is 1.90. The largest absolute Gasteiger partial charge is 0.478 e. The van der Waals surface area contributed by atoms with Crippen LogP contribution in [0, 0.1) is 0 Å². The fourth-order valence-corrected chi connectivity index (χ4v) is 59.1. The number of carbonyl (C=O) groups is 8. The molecule has 16 amide bonds. The SMILES string of the molecule is NC(=O)NCCC[Si]12O[Si]3(CCCNC(N)=O)O[Si]4(CCCNC(N)=O)O[Si](CCCNC(N)=O)(O1)O[Si]1(CCCNC(N)=O)O[Si](CCCNC(N)=O)(O2)O[Si](CCCNC(N)=O)(O3)O[Si](CCCNC(N)=O)(O4)O1. The van der Waals surface area contributed by atoms with E-state index in [-0.39, 0.29) is 152 Å². The normalized spacial score (nSPS) is 30.9. The molecule has 432 valence electrons. The first-order valence-corrected chi connectivity index (χ1v) is 40.0. The van der Waals surface area contributed by atoms with E-state index in [4.69, 9.17) is 95.3 Å². The molecule has 6 aliphatic heterocycles. The molecule has 0 aliphatic carbocycles. The minimum Gasteiger partial charge on any atom is -0.373 e. The second-order valence-corrected chi connectivity index (χ2v) is 42.6. The number of hydrogen-bond donors (Lipinski definition) is 16. The van der Waals surface area contributed by atoms with Gasteiger partial charge in [-0.2, -0.15) is 0 Å². The zero-order valence-electron chi connectivity index (χ0n) is 41.8. The predicted octanol–water partition coefficient (Wildman–Crippen LogP) is -3.77. The Bertz CT molecular complexity index is 1600. The first kappa shape index (κ1) is 62.3. The summed E-state index contributed by atoms with van der Waals surface area (Å²) in [7, 11) is -38.1. The molecule has 36 nitrogen and oxygen atoms in total. The lowest BCUT2D eigenvalue weighted by Crippen LogP contribution is -2.88. The standard InChI is InChI=1S/C32H72N16O20Si8/c33-25(49)41-9-1-17-69-57-70(18-2-10-42-26(34)50)60-73(21-5-13-45-29(37)53)62-71(58-69,19-3-11-43-27(35)51)64-75(23-7-15-47-31(39)55)65-72(59-69,20-4-12-44-28(36)52)63-74(61-70,22-6-14-46-30(38)54)67-76(66-73,68-75)24-8-16-48-32(40)56/h1-24H2,(H3,33,41,49)(H3,34,42,50)(H3,35,43,51)(H3,36,44,52)(H3,37,45,53)(H3,38,46,54)(H3,39,47,55)(H3,40,48,56). The van der Waals surface area contributed by atoms with Crippen molar-refractivity contribution in [2.75, 3.05) is 52.4 Å². The molecule has 44 heteroatoms. The van der Waals surface area contributed by atoms with Crippen molar-refractivity contribution >= 4 is 119 Å². The monoisotopic (exact) mass is 1220 g/mol. The second kappa shape index (κ2) is 27.3. The summed E-state index contributed by atoms with van der Waals surface area (Å²) in [6, 6.07) is -8.12. The fourth-order valence-electron chi connectivity index (χ4n) is 8.70. The Hall–Kier alpha value is -4.58. The number of urea groups is 8. The Morgan fingerprint density at radius 1 is 0.211 bits per heavy atom. The summed E-state index contributed by atoms with van der Waals surface area (Å²) in [5, 5.41) is 20.5. The van der Waals surface area contributed by atoms with E-state index in [0.717, 1.165) is 0 Å². The Morgan fingerprint density at radius 3 is 0.382 bits per heavy atom. The molecule has 6 saturated heterocycles. The molecular weight excluding hydrogens is 1150 g/mol. The number of rotatable bonds is 32. The molecule has 0 unspecified atom stereocenters. The van der Waals surface area contributed by atoms with Crippen molar-refractivity contribution in [3.63, 3.8) is 0 Å². The smallest absolute Gasteiger partial charge is 0.373 e. The van der Waals surface area contributed by atoms with Gasteiger partial charge in [-0.3, -0.25) is 0 Å². The Kier molecular flexibility index (Phi) is 22.4. The number of carbonyl (C=O) groups excluding carboxylic acids is 8. The van der Waals surface area contributed by atoms with Gasteiger partial charge in [0, 0.05) is 101 Å². The predicted molar refractivity (Wildman–Crippen MR) is 275 cm³/mol. The third kappa shape index (κ3) is 18.8. The van der Waals surface area contributed by atoms with Gasteiger partial charge in [0.15, 0.2) is 0 Å². The first-order valence-electron chi connectivity index (χ1n) is 24.5. The van der Waals surface area contributed by atoms with Crippen molar-refractivity contribution in [3.8, 4) is 0 Å². The number of amides is 16. The summed E-state index contributed by atoms with van der Waals surface area (Å²) in [5.41, 5.74) is 44.0. The van der Waals surface area contributed by atoms with Gasteiger partial charge >= 0.3 is 119 Å². The first-order chi connectivity index (χ1) is 35.8. The number of nitrogens with one attached hydrogen (secondary N) is 8. The summed E-state index contributed by atoms with van der Waals surface area (Å²) in [4.78, 5) is 96.5. The third-order valence-corrected chi connectivity index (χ3v) is 49.0. The molecule has 0 radical (unpaired) electrons. The van der Waals surface area contributed by atoms with E-state index in [2.05, 4.69) is 42.5 Å². The molecule has 0 aromatic carbocycles. The highest BCUT2D eigenvalue weighted by atomic mass is 28.6. The van der Waals surface area contributed by atoms with Crippen molar-refractivity contribution in [2.24, 2.45) is 45.9 Å². The molecule has 0 aromatic heterocycles. The Morgan fingerprint density at radius 2 is 0.303 bits per heavy atom. The van der Waals surface area contributed by atoms with Crippen LogP contribution in [0.2, 0.25) is 48.4 Å². The van der Waals surface area contributed by atoms with E-state index >= 15 is 0 Å². The number of nitrogens with two attached hydrogens (primary N) is 8. The summed E-state index contributed by atoms with van der Waals surface area (Å²) in [6.45, 7) is -0.387. The quantitative estimate of drug-likeness (QED) is 0.0227. The average molecular weight is 1230 g/mol.